The molecule has 0 aliphatic carbocycles. The fourth-order valence-corrected chi connectivity index (χ4v) is 10.1. The molecule has 0 bridgehead atoms. The van der Waals surface area contributed by atoms with Crippen molar-refractivity contribution >= 4 is 11.9 Å². The van der Waals surface area contributed by atoms with Gasteiger partial charge in [0, 0.05) is 12.8 Å². The highest BCUT2D eigenvalue weighted by molar-refractivity contribution is 5.76. The van der Waals surface area contributed by atoms with E-state index in [0.29, 0.717) is 19.4 Å². The lowest BCUT2D eigenvalue weighted by Crippen LogP contribution is -2.45. The molecule has 73 heavy (non-hydrogen) atoms. The van der Waals surface area contributed by atoms with E-state index in [0.717, 1.165) is 44.9 Å². The largest absolute Gasteiger partial charge is 0.466 e. The van der Waals surface area contributed by atoms with Gasteiger partial charge in [-0.05, 0) is 64.2 Å². The number of ether oxygens (including phenoxy) is 1. The van der Waals surface area contributed by atoms with Crippen LogP contribution in [0.5, 0.6) is 0 Å². The van der Waals surface area contributed by atoms with Gasteiger partial charge in [-0.1, -0.05) is 314 Å². The predicted molar refractivity (Wildman–Crippen MR) is 319 cm³/mol. The Morgan fingerprint density at radius 3 is 1.04 bits per heavy atom. The van der Waals surface area contributed by atoms with E-state index in [-0.39, 0.29) is 18.5 Å². The van der Waals surface area contributed by atoms with Crippen molar-refractivity contribution in [2.24, 2.45) is 0 Å². The summed E-state index contributed by atoms with van der Waals surface area (Å²) in [6.45, 7) is 4.89. The number of aliphatic hydroxyl groups is 2. The van der Waals surface area contributed by atoms with E-state index < -0.39 is 12.1 Å². The Balaban J connectivity index is 3.35. The summed E-state index contributed by atoms with van der Waals surface area (Å²) in [6.07, 6.45) is 79.4. The number of rotatable bonds is 61. The van der Waals surface area contributed by atoms with Gasteiger partial charge in [-0.25, -0.2) is 0 Å². The molecule has 0 aromatic carbocycles. The summed E-state index contributed by atoms with van der Waals surface area (Å²) in [5, 5.41) is 23.0. The zero-order valence-corrected chi connectivity index (χ0v) is 49.1. The Labute approximate surface area is 455 Å². The average Bonchev–Trinajstić information content (AvgIpc) is 3.39. The van der Waals surface area contributed by atoms with Gasteiger partial charge in [0.1, 0.15) is 0 Å². The summed E-state index contributed by atoms with van der Waals surface area (Å²) < 4.78 is 5.48. The zero-order valence-electron chi connectivity index (χ0n) is 49.1. The van der Waals surface area contributed by atoms with E-state index in [4.69, 9.17) is 4.74 Å². The number of carbonyl (C=O) groups excluding carboxylic acids is 2. The maximum absolute atomic E-state index is 12.4. The standard InChI is InChI=1S/C67H127NO5/c1-3-5-7-9-11-13-14-41-45-49-53-57-61-67(72)73-62-58-54-50-46-42-39-37-35-33-31-29-27-25-23-21-19-17-15-16-18-20-22-24-26-28-30-32-34-36-38-40-44-48-52-56-60-66(71)68-64(63-69)65(70)59-55-51-47-43-12-10-8-6-4-2/h17,19,23,25,55,59,64-65,69-70H,3-16,18,20-22,24,26-54,56-58,60-63H2,1-2H3,(H,68,71)/b19-17-,25-23-,59-55+. The van der Waals surface area contributed by atoms with Gasteiger partial charge >= 0.3 is 5.97 Å². The molecule has 0 aromatic heterocycles. The first-order chi connectivity index (χ1) is 36.0. The summed E-state index contributed by atoms with van der Waals surface area (Å²) in [7, 11) is 0. The third-order valence-electron chi connectivity index (χ3n) is 15.2. The van der Waals surface area contributed by atoms with Crippen molar-refractivity contribution in [2.75, 3.05) is 13.2 Å². The molecule has 3 N–H and O–H groups in total. The second-order valence-corrected chi connectivity index (χ2v) is 22.5. The minimum atomic E-state index is -0.840. The van der Waals surface area contributed by atoms with E-state index in [1.54, 1.807) is 6.08 Å². The summed E-state index contributed by atoms with van der Waals surface area (Å²) in [6, 6.07) is -0.624. The van der Waals surface area contributed by atoms with E-state index >= 15 is 0 Å². The monoisotopic (exact) mass is 1030 g/mol. The van der Waals surface area contributed by atoms with Gasteiger partial charge in [-0.15, -0.1) is 0 Å². The second-order valence-electron chi connectivity index (χ2n) is 22.5. The molecule has 0 aromatic rings. The SMILES string of the molecule is CCCCCCCCC/C=C/C(O)C(CO)NC(=O)CCCCCCCCCCCCCCCCCCC/C=C\C/C=C\CCCCCCCCCCCCCOC(=O)CCCCCCCCCCCCCC. The number of unbranched alkanes of at least 4 members (excludes halogenated alkanes) is 46. The third-order valence-corrected chi connectivity index (χ3v) is 15.2. The number of esters is 1. The lowest BCUT2D eigenvalue weighted by atomic mass is 10.0. The molecule has 1 amide bonds. The first-order valence-electron chi connectivity index (χ1n) is 32.8. The molecule has 0 rings (SSSR count). The molecule has 0 radical (unpaired) electrons. The van der Waals surface area contributed by atoms with Crippen molar-refractivity contribution in [1.29, 1.82) is 0 Å². The Hall–Kier alpha value is -1.92. The molecule has 0 saturated carbocycles. The normalized spacial score (nSPS) is 12.8. The van der Waals surface area contributed by atoms with Gasteiger partial charge in [0.2, 0.25) is 5.91 Å². The Morgan fingerprint density at radius 2 is 0.685 bits per heavy atom. The molecule has 0 saturated heterocycles. The maximum Gasteiger partial charge on any atom is 0.305 e. The van der Waals surface area contributed by atoms with Crippen LogP contribution in [-0.4, -0.2) is 47.4 Å². The van der Waals surface area contributed by atoms with Gasteiger partial charge in [0.05, 0.1) is 25.4 Å². The first kappa shape index (κ1) is 71.1. The first-order valence-corrected chi connectivity index (χ1v) is 32.8. The minimum absolute atomic E-state index is 0.0172. The molecule has 430 valence electrons. The van der Waals surface area contributed by atoms with Crippen LogP contribution in [0.3, 0.4) is 0 Å². The number of nitrogens with one attached hydrogen (secondary N) is 1. The Morgan fingerprint density at radius 1 is 0.384 bits per heavy atom. The maximum atomic E-state index is 12.4. The highest BCUT2D eigenvalue weighted by atomic mass is 16.5. The van der Waals surface area contributed by atoms with Crippen molar-refractivity contribution in [3.8, 4) is 0 Å². The van der Waals surface area contributed by atoms with E-state index in [9.17, 15) is 19.8 Å². The lowest BCUT2D eigenvalue weighted by Gasteiger charge is -2.20. The minimum Gasteiger partial charge on any atom is -0.466 e. The molecule has 0 spiro atoms. The number of amides is 1. The van der Waals surface area contributed by atoms with E-state index in [1.807, 2.05) is 6.08 Å². The average molecular weight is 1030 g/mol. The van der Waals surface area contributed by atoms with E-state index in [2.05, 4.69) is 43.5 Å². The van der Waals surface area contributed by atoms with Crippen LogP contribution in [0.25, 0.3) is 0 Å². The molecular weight excluding hydrogens is 899 g/mol. The number of hydrogen-bond donors (Lipinski definition) is 3. The van der Waals surface area contributed by atoms with Crippen LogP contribution < -0.4 is 5.32 Å². The van der Waals surface area contributed by atoms with E-state index in [1.165, 1.54) is 283 Å². The Kier molecular flexibility index (Phi) is 61.0. The van der Waals surface area contributed by atoms with Crippen LogP contribution in [0.15, 0.2) is 36.5 Å². The molecule has 6 heteroatoms. The van der Waals surface area contributed by atoms with Gasteiger partial charge in [-0.2, -0.15) is 0 Å². The number of allylic oxidation sites excluding steroid dienone is 5. The molecule has 0 aliphatic rings. The second kappa shape index (κ2) is 62.6. The molecule has 0 fully saturated rings. The highest BCUT2D eigenvalue weighted by Crippen LogP contribution is 2.18. The fraction of sp³-hybridized carbons (Fsp3) is 0.881. The van der Waals surface area contributed by atoms with Gasteiger partial charge in [0.15, 0.2) is 0 Å². The van der Waals surface area contributed by atoms with Crippen LogP contribution in [0, 0.1) is 0 Å². The lowest BCUT2D eigenvalue weighted by molar-refractivity contribution is -0.143. The summed E-state index contributed by atoms with van der Waals surface area (Å²) in [5.74, 6) is -0.0503. The number of aliphatic hydroxyl groups excluding tert-OH is 2. The van der Waals surface area contributed by atoms with Crippen LogP contribution >= 0.6 is 0 Å². The smallest absolute Gasteiger partial charge is 0.305 e. The van der Waals surface area contributed by atoms with Crippen molar-refractivity contribution in [3.63, 3.8) is 0 Å². The van der Waals surface area contributed by atoms with Crippen molar-refractivity contribution in [2.45, 2.75) is 366 Å². The topological polar surface area (TPSA) is 95.9 Å². The highest BCUT2D eigenvalue weighted by Gasteiger charge is 2.18. The zero-order chi connectivity index (χ0) is 52.9. The molecule has 2 atom stereocenters. The van der Waals surface area contributed by atoms with Crippen LogP contribution in [0.1, 0.15) is 354 Å². The summed E-state index contributed by atoms with van der Waals surface area (Å²) in [5.41, 5.74) is 0. The van der Waals surface area contributed by atoms with Crippen LogP contribution in [-0.2, 0) is 14.3 Å². The van der Waals surface area contributed by atoms with Crippen LogP contribution in [0.4, 0.5) is 0 Å². The quantitative estimate of drug-likeness (QED) is 0.0320. The van der Waals surface area contributed by atoms with Gasteiger partial charge < -0.3 is 20.3 Å². The van der Waals surface area contributed by atoms with Crippen LogP contribution in [0.2, 0.25) is 0 Å². The molecule has 6 nitrogen and oxygen atoms in total. The number of carbonyl (C=O) groups is 2. The molecular formula is C67H127NO5. The number of hydrogen-bond acceptors (Lipinski definition) is 5. The van der Waals surface area contributed by atoms with Crippen molar-refractivity contribution in [1.82, 2.24) is 5.32 Å². The van der Waals surface area contributed by atoms with Crippen molar-refractivity contribution < 1.29 is 24.5 Å². The third kappa shape index (κ3) is 59.2. The summed E-state index contributed by atoms with van der Waals surface area (Å²) in [4.78, 5) is 24.4. The van der Waals surface area contributed by atoms with Crippen molar-refractivity contribution in [3.05, 3.63) is 36.5 Å². The molecule has 0 aliphatic heterocycles. The molecule has 0 heterocycles. The summed E-state index contributed by atoms with van der Waals surface area (Å²) >= 11 is 0. The fourth-order valence-electron chi connectivity index (χ4n) is 10.1. The Bertz CT molecular complexity index is 1180. The van der Waals surface area contributed by atoms with Gasteiger partial charge in [-0.3, -0.25) is 9.59 Å². The van der Waals surface area contributed by atoms with Gasteiger partial charge in [0.25, 0.3) is 0 Å². The molecule has 2 unspecified atom stereocenters. The predicted octanol–water partition coefficient (Wildman–Crippen LogP) is 20.8.